The Kier molecular flexibility index (Phi) is 7.55. The predicted octanol–water partition coefficient (Wildman–Crippen LogP) is -0.936. The highest BCUT2D eigenvalue weighted by Gasteiger charge is 2.18. The van der Waals surface area contributed by atoms with E-state index in [2.05, 4.69) is 12.5 Å². The van der Waals surface area contributed by atoms with E-state index in [1.807, 2.05) is 0 Å². The summed E-state index contributed by atoms with van der Waals surface area (Å²) in [4.78, 5) is 0. The second-order valence-electron chi connectivity index (χ2n) is 4.08. The van der Waals surface area contributed by atoms with E-state index < -0.39 is 43.1 Å². The van der Waals surface area contributed by atoms with Crippen molar-refractivity contribution < 1.29 is 37.8 Å². The van der Waals surface area contributed by atoms with Crippen LogP contribution in [-0.2, 0) is 42.9 Å². The molecule has 12 heteroatoms. The molecule has 0 fully saturated rings. The molecule has 0 saturated carbocycles. The fourth-order valence-electron chi connectivity index (χ4n) is 1.13. The minimum absolute atomic E-state index is 0.0537. The van der Waals surface area contributed by atoms with Crippen molar-refractivity contribution in [3.8, 4) is 0 Å². The summed E-state index contributed by atoms with van der Waals surface area (Å²) in [5.74, 6) is 0. The zero-order chi connectivity index (χ0) is 16.0. The van der Waals surface area contributed by atoms with Gasteiger partial charge in [-0.1, -0.05) is 0 Å². The molecule has 0 rings (SSSR count). The summed E-state index contributed by atoms with van der Waals surface area (Å²) >= 11 is 0. The lowest BCUT2D eigenvalue weighted by Crippen LogP contribution is -2.25. The Morgan fingerprint density at radius 1 is 0.800 bits per heavy atom. The first-order valence-corrected chi connectivity index (χ1v) is 10.8. The average molecular weight is 354 g/mol. The topological polar surface area (TPSA) is 130 Å². The van der Waals surface area contributed by atoms with Crippen LogP contribution in [0, 0.1) is 0 Å². The summed E-state index contributed by atoms with van der Waals surface area (Å²) in [5, 5.41) is 0. The highest BCUT2D eigenvalue weighted by atomic mass is 32.2. The number of rotatable bonds is 10. The van der Waals surface area contributed by atoms with E-state index in [0.717, 1.165) is 18.8 Å². The van der Waals surface area contributed by atoms with Crippen molar-refractivity contribution in [1.29, 1.82) is 0 Å². The van der Waals surface area contributed by atoms with Gasteiger partial charge in [-0.3, -0.25) is 12.5 Å². The molecule has 0 aromatic carbocycles. The van der Waals surface area contributed by atoms with Gasteiger partial charge in [0, 0.05) is 0 Å². The molecule has 1 atom stereocenters. The summed E-state index contributed by atoms with van der Waals surface area (Å²) in [6, 6.07) is 0. The van der Waals surface area contributed by atoms with E-state index in [-0.39, 0.29) is 19.4 Å². The van der Waals surface area contributed by atoms with E-state index in [9.17, 15) is 25.3 Å². The normalized spacial score (nSPS) is 15.2. The minimum Gasteiger partial charge on any atom is -0.270 e. The van der Waals surface area contributed by atoms with Crippen LogP contribution in [0.2, 0.25) is 0 Å². The fourth-order valence-corrected chi connectivity index (χ4v) is 2.59. The standard InChI is InChI=1S/C8H18O9S3/c1-18(9,10)15-6-4-5-8(17-20(3,13)14)7-16-19(2,11)12/h8H,4-7H2,1-3H3. The van der Waals surface area contributed by atoms with Crippen molar-refractivity contribution in [2.24, 2.45) is 0 Å². The van der Waals surface area contributed by atoms with Gasteiger partial charge in [-0.25, -0.2) is 0 Å². The van der Waals surface area contributed by atoms with Gasteiger partial charge in [0.1, 0.15) is 6.10 Å². The van der Waals surface area contributed by atoms with Gasteiger partial charge in [0.05, 0.1) is 32.0 Å². The Bertz CT molecular complexity index is 587. The molecule has 1 unspecified atom stereocenters. The first-order chi connectivity index (χ1) is 8.79. The maximum atomic E-state index is 11.0. The lowest BCUT2D eigenvalue weighted by molar-refractivity contribution is 0.125. The second kappa shape index (κ2) is 7.66. The Hall–Kier alpha value is -0.270. The van der Waals surface area contributed by atoms with Crippen molar-refractivity contribution in [1.82, 2.24) is 0 Å². The van der Waals surface area contributed by atoms with Crippen molar-refractivity contribution in [2.75, 3.05) is 32.0 Å². The van der Waals surface area contributed by atoms with Gasteiger partial charge in [0.25, 0.3) is 30.4 Å². The van der Waals surface area contributed by atoms with Gasteiger partial charge in [0.15, 0.2) is 0 Å². The molecule has 0 bridgehead atoms. The number of hydrogen-bond donors (Lipinski definition) is 0. The molecule has 0 aliphatic carbocycles. The van der Waals surface area contributed by atoms with Gasteiger partial charge >= 0.3 is 0 Å². The van der Waals surface area contributed by atoms with Crippen LogP contribution in [0.3, 0.4) is 0 Å². The molecule has 0 heterocycles. The Morgan fingerprint density at radius 3 is 1.70 bits per heavy atom. The molecule has 9 nitrogen and oxygen atoms in total. The maximum Gasteiger partial charge on any atom is 0.264 e. The highest BCUT2D eigenvalue weighted by Crippen LogP contribution is 2.09. The molecular formula is C8H18O9S3. The van der Waals surface area contributed by atoms with Crippen LogP contribution in [0.1, 0.15) is 12.8 Å². The zero-order valence-electron chi connectivity index (χ0n) is 11.3. The van der Waals surface area contributed by atoms with Crippen molar-refractivity contribution in [3.63, 3.8) is 0 Å². The molecule has 0 radical (unpaired) electrons. The molecular weight excluding hydrogens is 336 g/mol. The first kappa shape index (κ1) is 19.7. The lowest BCUT2D eigenvalue weighted by Gasteiger charge is -2.15. The van der Waals surface area contributed by atoms with E-state index in [0.29, 0.717) is 0 Å². The molecule has 0 aromatic rings. The Labute approximate surface area is 119 Å². The molecule has 122 valence electrons. The van der Waals surface area contributed by atoms with Gasteiger partial charge in [-0.2, -0.15) is 25.3 Å². The van der Waals surface area contributed by atoms with Crippen LogP contribution in [0.15, 0.2) is 0 Å². The fraction of sp³-hybridized carbons (Fsp3) is 1.00. The largest absolute Gasteiger partial charge is 0.270 e. The van der Waals surface area contributed by atoms with Gasteiger partial charge < -0.3 is 0 Å². The predicted molar refractivity (Wildman–Crippen MR) is 70.5 cm³/mol. The van der Waals surface area contributed by atoms with E-state index in [1.165, 1.54) is 0 Å². The second-order valence-corrected chi connectivity index (χ2v) is 8.97. The zero-order valence-corrected chi connectivity index (χ0v) is 13.8. The highest BCUT2D eigenvalue weighted by molar-refractivity contribution is 7.86. The molecule has 0 spiro atoms. The van der Waals surface area contributed by atoms with Crippen LogP contribution in [0.4, 0.5) is 0 Å². The Balaban J connectivity index is 4.39. The molecule has 0 amide bonds. The minimum atomic E-state index is -3.79. The summed E-state index contributed by atoms with van der Waals surface area (Å²) in [6.07, 6.45) is 1.68. The van der Waals surface area contributed by atoms with Crippen LogP contribution in [0.25, 0.3) is 0 Å². The van der Waals surface area contributed by atoms with Gasteiger partial charge in [0.2, 0.25) is 0 Å². The van der Waals surface area contributed by atoms with Gasteiger partial charge in [-0.15, -0.1) is 0 Å². The van der Waals surface area contributed by atoms with E-state index in [4.69, 9.17) is 0 Å². The Morgan fingerprint density at radius 2 is 1.30 bits per heavy atom. The van der Waals surface area contributed by atoms with Crippen molar-refractivity contribution >= 4 is 30.4 Å². The quantitative estimate of drug-likeness (QED) is 0.360. The summed E-state index contributed by atoms with van der Waals surface area (Å²) in [6.45, 7) is -0.647. The number of hydrogen-bond acceptors (Lipinski definition) is 9. The third-order valence-electron chi connectivity index (χ3n) is 1.75. The molecule has 0 aliphatic rings. The third kappa shape index (κ3) is 14.1. The van der Waals surface area contributed by atoms with Crippen molar-refractivity contribution in [2.45, 2.75) is 18.9 Å². The molecule has 0 aliphatic heterocycles. The van der Waals surface area contributed by atoms with Crippen molar-refractivity contribution in [3.05, 3.63) is 0 Å². The first-order valence-electron chi connectivity index (χ1n) is 5.35. The molecule has 0 aromatic heterocycles. The van der Waals surface area contributed by atoms with E-state index >= 15 is 0 Å². The third-order valence-corrected chi connectivity index (χ3v) is 3.53. The smallest absolute Gasteiger partial charge is 0.264 e. The van der Waals surface area contributed by atoms with Gasteiger partial charge in [-0.05, 0) is 12.8 Å². The SMILES string of the molecule is CS(=O)(=O)OCCCC(COS(C)(=O)=O)OS(C)(=O)=O. The van der Waals surface area contributed by atoms with Crippen LogP contribution < -0.4 is 0 Å². The van der Waals surface area contributed by atoms with Crippen LogP contribution >= 0.6 is 0 Å². The molecule has 0 saturated heterocycles. The summed E-state index contributed by atoms with van der Waals surface area (Å²) < 4.78 is 78.7. The maximum absolute atomic E-state index is 11.0. The van der Waals surface area contributed by atoms with Crippen LogP contribution in [-0.4, -0.2) is 63.3 Å². The van der Waals surface area contributed by atoms with E-state index in [1.54, 1.807) is 0 Å². The lowest BCUT2D eigenvalue weighted by atomic mass is 10.2. The summed E-state index contributed by atoms with van der Waals surface area (Å²) in [5.41, 5.74) is 0. The van der Waals surface area contributed by atoms with Crippen LogP contribution in [0.5, 0.6) is 0 Å². The summed E-state index contributed by atoms with van der Waals surface area (Å²) in [7, 11) is -11.1. The average Bonchev–Trinajstić information content (AvgIpc) is 2.16. The molecule has 0 N–H and O–H groups in total. The molecule has 20 heavy (non-hydrogen) atoms. The monoisotopic (exact) mass is 354 g/mol.